The van der Waals surface area contributed by atoms with E-state index in [4.69, 9.17) is 4.74 Å². The molecule has 1 atom stereocenters. The largest absolute Gasteiger partial charge is 0.383 e. The van der Waals surface area contributed by atoms with Crippen LogP contribution in [0.5, 0.6) is 0 Å². The van der Waals surface area contributed by atoms with Gasteiger partial charge in [0.05, 0.1) is 0 Å². The number of amides is 1. The second-order valence-corrected chi connectivity index (χ2v) is 5.09. The summed E-state index contributed by atoms with van der Waals surface area (Å²) in [6.45, 7) is 2.14. The van der Waals surface area contributed by atoms with E-state index in [2.05, 4.69) is 16.0 Å². The molecule has 0 bridgehead atoms. The lowest BCUT2D eigenvalue weighted by Crippen LogP contribution is -2.39. The molecular formula is C15H23N3O2. The molecule has 1 amide bonds. The first-order chi connectivity index (χ1) is 9.78. The molecule has 0 aromatic heterocycles. The molecule has 0 saturated carbocycles. The molecule has 1 aliphatic rings. The Bertz CT molecular complexity index is 414. The second kappa shape index (κ2) is 7.87. The number of anilines is 2. The van der Waals surface area contributed by atoms with Crippen LogP contribution in [-0.2, 0) is 9.53 Å². The quantitative estimate of drug-likeness (QED) is 0.742. The first-order valence-electron chi connectivity index (χ1n) is 7.14. The van der Waals surface area contributed by atoms with E-state index in [-0.39, 0.29) is 12.5 Å². The van der Waals surface area contributed by atoms with Crippen LogP contribution in [0.1, 0.15) is 19.3 Å². The fourth-order valence-corrected chi connectivity index (χ4v) is 2.34. The van der Waals surface area contributed by atoms with Crippen LogP contribution in [0, 0.1) is 0 Å². The lowest BCUT2D eigenvalue weighted by molar-refractivity contribution is -0.119. The average molecular weight is 277 g/mol. The van der Waals surface area contributed by atoms with Crippen molar-refractivity contribution in [2.24, 2.45) is 0 Å². The van der Waals surface area contributed by atoms with Gasteiger partial charge in [-0.05, 0) is 43.7 Å². The molecule has 1 aromatic rings. The third kappa shape index (κ3) is 4.83. The number of hydrogen-bond donors (Lipinski definition) is 3. The van der Waals surface area contributed by atoms with Crippen LogP contribution in [0.15, 0.2) is 24.3 Å². The summed E-state index contributed by atoms with van der Waals surface area (Å²) in [5.74, 6) is -0.139. The molecule has 20 heavy (non-hydrogen) atoms. The van der Waals surface area contributed by atoms with Gasteiger partial charge in [-0.1, -0.05) is 6.42 Å². The number of benzene rings is 1. The Morgan fingerprint density at radius 1 is 1.30 bits per heavy atom. The number of nitrogens with one attached hydrogen (secondary N) is 3. The number of piperidine rings is 1. The van der Waals surface area contributed by atoms with Gasteiger partial charge in [0.25, 0.3) is 0 Å². The fraction of sp³-hybridized carbons (Fsp3) is 0.533. The number of rotatable bonds is 6. The van der Waals surface area contributed by atoms with Gasteiger partial charge in [0.1, 0.15) is 6.61 Å². The highest BCUT2D eigenvalue weighted by atomic mass is 16.5. The molecule has 1 fully saturated rings. The molecule has 1 saturated heterocycles. The number of ether oxygens (including phenoxy) is 1. The molecule has 0 aliphatic carbocycles. The van der Waals surface area contributed by atoms with E-state index < -0.39 is 0 Å². The SMILES string of the molecule is COCC(=O)Nc1ccc(NCC2CCCCN2)cc1. The van der Waals surface area contributed by atoms with E-state index in [1.807, 2.05) is 24.3 Å². The first kappa shape index (κ1) is 14.8. The molecule has 5 heteroatoms. The van der Waals surface area contributed by atoms with Crippen LogP contribution in [0.25, 0.3) is 0 Å². The highest BCUT2D eigenvalue weighted by molar-refractivity contribution is 5.91. The van der Waals surface area contributed by atoms with E-state index in [1.54, 1.807) is 0 Å². The minimum absolute atomic E-state index is 0.0767. The molecule has 0 spiro atoms. The average Bonchev–Trinajstić information content (AvgIpc) is 2.48. The Hall–Kier alpha value is -1.59. The summed E-state index contributed by atoms with van der Waals surface area (Å²) in [5, 5.41) is 9.70. The zero-order valence-corrected chi connectivity index (χ0v) is 11.9. The van der Waals surface area contributed by atoms with Crippen molar-refractivity contribution in [2.45, 2.75) is 25.3 Å². The molecule has 3 N–H and O–H groups in total. The molecule has 1 aromatic carbocycles. The van der Waals surface area contributed by atoms with Crippen LogP contribution >= 0.6 is 0 Å². The van der Waals surface area contributed by atoms with Gasteiger partial charge < -0.3 is 20.7 Å². The Morgan fingerprint density at radius 2 is 2.05 bits per heavy atom. The topological polar surface area (TPSA) is 62.4 Å². The Labute approximate surface area is 120 Å². The zero-order valence-electron chi connectivity index (χ0n) is 11.9. The van der Waals surface area contributed by atoms with Crippen LogP contribution in [0.4, 0.5) is 11.4 Å². The minimum atomic E-state index is -0.139. The van der Waals surface area contributed by atoms with Crippen molar-refractivity contribution >= 4 is 17.3 Å². The molecule has 2 rings (SSSR count). The van der Waals surface area contributed by atoms with E-state index in [0.717, 1.165) is 24.5 Å². The number of hydrogen-bond acceptors (Lipinski definition) is 4. The van der Waals surface area contributed by atoms with Gasteiger partial charge in [-0.25, -0.2) is 0 Å². The molecule has 110 valence electrons. The predicted molar refractivity (Wildman–Crippen MR) is 81.1 cm³/mol. The lowest BCUT2D eigenvalue weighted by Gasteiger charge is -2.24. The van der Waals surface area contributed by atoms with Gasteiger partial charge in [0, 0.05) is 31.1 Å². The third-order valence-corrected chi connectivity index (χ3v) is 3.41. The van der Waals surface area contributed by atoms with Gasteiger partial charge in [-0.15, -0.1) is 0 Å². The summed E-state index contributed by atoms with van der Waals surface area (Å²) in [5.41, 5.74) is 1.86. The number of methoxy groups -OCH3 is 1. The third-order valence-electron chi connectivity index (χ3n) is 3.41. The van der Waals surface area contributed by atoms with E-state index in [9.17, 15) is 4.79 Å². The van der Waals surface area contributed by atoms with Crippen molar-refractivity contribution in [3.63, 3.8) is 0 Å². The van der Waals surface area contributed by atoms with Crippen molar-refractivity contribution in [2.75, 3.05) is 37.4 Å². The summed E-state index contributed by atoms with van der Waals surface area (Å²) in [6.07, 6.45) is 3.83. The molecule has 1 heterocycles. The highest BCUT2D eigenvalue weighted by Gasteiger charge is 2.11. The van der Waals surface area contributed by atoms with Crippen LogP contribution < -0.4 is 16.0 Å². The van der Waals surface area contributed by atoms with Crippen molar-refractivity contribution in [1.29, 1.82) is 0 Å². The summed E-state index contributed by atoms with van der Waals surface area (Å²) < 4.78 is 4.77. The van der Waals surface area contributed by atoms with Crippen molar-refractivity contribution in [3.05, 3.63) is 24.3 Å². The van der Waals surface area contributed by atoms with Crippen LogP contribution in [0.3, 0.4) is 0 Å². The van der Waals surface area contributed by atoms with Crippen molar-refractivity contribution in [3.8, 4) is 0 Å². The summed E-state index contributed by atoms with van der Waals surface area (Å²) in [7, 11) is 1.51. The van der Waals surface area contributed by atoms with Gasteiger partial charge in [0.2, 0.25) is 5.91 Å². The first-order valence-corrected chi connectivity index (χ1v) is 7.14. The van der Waals surface area contributed by atoms with Gasteiger partial charge in [0.15, 0.2) is 0 Å². The van der Waals surface area contributed by atoms with E-state index in [0.29, 0.717) is 6.04 Å². The minimum Gasteiger partial charge on any atom is -0.383 e. The highest BCUT2D eigenvalue weighted by Crippen LogP contribution is 2.14. The maximum absolute atomic E-state index is 11.4. The molecule has 0 radical (unpaired) electrons. The van der Waals surface area contributed by atoms with Gasteiger partial charge in [-0.3, -0.25) is 4.79 Å². The van der Waals surface area contributed by atoms with Crippen LogP contribution in [-0.4, -0.2) is 38.8 Å². The monoisotopic (exact) mass is 277 g/mol. The summed E-state index contributed by atoms with van der Waals surface area (Å²) in [6, 6.07) is 8.30. The second-order valence-electron chi connectivity index (χ2n) is 5.09. The number of carbonyl (C=O) groups is 1. The normalized spacial score (nSPS) is 18.6. The lowest BCUT2D eigenvalue weighted by atomic mass is 10.1. The maximum atomic E-state index is 11.4. The molecule has 1 unspecified atom stereocenters. The fourth-order valence-electron chi connectivity index (χ4n) is 2.34. The van der Waals surface area contributed by atoms with Gasteiger partial charge >= 0.3 is 0 Å². The molecule has 5 nitrogen and oxygen atoms in total. The maximum Gasteiger partial charge on any atom is 0.250 e. The summed E-state index contributed by atoms with van der Waals surface area (Å²) >= 11 is 0. The smallest absolute Gasteiger partial charge is 0.250 e. The Kier molecular flexibility index (Phi) is 5.83. The van der Waals surface area contributed by atoms with E-state index >= 15 is 0 Å². The molecular weight excluding hydrogens is 254 g/mol. The molecule has 1 aliphatic heterocycles. The standard InChI is InChI=1S/C15H23N3O2/c1-20-11-15(19)18-13-7-5-12(6-8-13)17-10-14-4-2-3-9-16-14/h5-8,14,16-17H,2-4,9-11H2,1H3,(H,18,19). The van der Waals surface area contributed by atoms with Gasteiger partial charge in [-0.2, -0.15) is 0 Å². The Balaban J connectivity index is 1.77. The number of carbonyl (C=O) groups excluding carboxylic acids is 1. The van der Waals surface area contributed by atoms with Crippen molar-refractivity contribution < 1.29 is 9.53 Å². The van der Waals surface area contributed by atoms with Crippen LogP contribution in [0.2, 0.25) is 0 Å². The summed E-state index contributed by atoms with van der Waals surface area (Å²) in [4.78, 5) is 11.4. The van der Waals surface area contributed by atoms with E-state index in [1.165, 1.54) is 26.4 Å². The zero-order chi connectivity index (χ0) is 14.2. The Morgan fingerprint density at radius 3 is 2.70 bits per heavy atom. The van der Waals surface area contributed by atoms with Crippen molar-refractivity contribution in [1.82, 2.24) is 5.32 Å². The predicted octanol–water partition coefficient (Wildman–Crippen LogP) is 1.83.